The number of hydrogen-bond acceptors (Lipinski definition) is 5. The fourth-order valence-electron chi connectivity index (χ4n) is 3.51. The zero-order chi connectivity index (χ0) is 21.3. The van der Waals surface area contributed by atoms with E-state index in [4.69, 9.17) is 14.7 Å². The Morgan fingerprint density at radius 3 is 2.53 bits per heavy atom. The van der Waals surface area contributed by atoms with Crippen LogP contribution in [0.4, 0.5) is 5.69 Å². The van der Waals surface area contributed by atoms with Gasteiger partial charge >= 0.3 is 0 Å². The van der Waals surface area contributed by atoms with Gasteiger partial charge in [-0.3, -0.25) is 9.69 Å². The molecule has 0 N–H and O–H groups in total. The van der Waals surface area contributed by atoms with Crippen molar-refractivity contribution in [2.75, 3.05) is 31.7 Å². The Bertz CT molecular complexity index is 872. The molecule has 0 spiro atoms. The van der Waals surface area contributed by atoms with Gasteiger partial charge in [0.1, 0.15) is 11.5 Å². The molecule has 0 bridgehead atoms. The molecule has 0 heterocycles. The van der Waals surface area contributed by atoms with Gasteiger partial charge < -0.3 is 14.4 Å². The lowest BCUT2D eigenvalue weighted by molar-refractivity contribution is -0.120. The molecule has 0 aromatic heterocycles. The topological polar surface area (TPSA) is 65.8 Å². The van der Waals surface area contributed by atoms with E-state index in [2.05, 4.69) is 11.0 Å². The van der Waals surface area contributed by atoms with Gasteiger partial charge in [-0.2, -0.15) is 5.26 Å². The average molecular weight is 408 g/mol. The predicted octanol–water partition coefficient (Wildman–Crippen LogP) is 4.01. The van der Waals surface area contributed by atoms with Crippen LogP contribution in [0, 0.1) is 11.3 Å². The molecule has 1 saturated carbocycles. The zero-order valence-electron chi connectivity index (χ0n) is 17.7. The van der Waals surface area contributed by atoms with Gasteiger partial charge in [0.05, 0.1) is 32.8 Å². The Hall–Kier alpha value is -3.04. The molecule has 6 heteroatoms. The van der Waals surface area contributed by atoms with Crippen LogP contribution in [0.5, 0.6) is 11.5 Å². The summed E-state index contributed by atoms with van der Waals surface area (Å²) in [5, 5.41) is 9.06. The van der Waals surface area contributed by atoms with Crippen LogP contribution in [0.2, 0.25) is 0 Å². The van der Waals surface area contributed by atoms with Crippen molar-refractivity contribution in [3.8, 4) is 17.6 Å². The van der Waals surface area contributed by atoms with Gasteiger partial charge in [0.2, 0.25) is 5.91 Å². The van der Waals surface area contributed by atoms with E-state index in [0.29, 0.717) is 32.3 Å². The molecule has 1 amide bonds. The standard InChI is InChI=1S/C24H29N3O3/c1-3-30-22-13-11-21(12-14-22)27(16-6-15-25)24(28)18-26(20-9-10-20)17-19-7-4-5-8-23(19)29-2/h4-5,7-8,11-14,20H,3,6,9-10,16-18H2,1-2H3. The van der Waals surface area contributed by atoms with Crippen molar-refractivity contribution < 1.29 is 14.3 Å². The van der Waals surface area contributed by atoms with E-state index in [1.165, 1.54) is 0 Å². The number of anilines is 1. The number of carbonyl (C=O) groups excluding carboxylic acids is 1. The summed E-state index contributed by atoms with van der Waals surface area (Å²) < 4.78 is 11.0. The molecule has 2 aromatic carbocycles. The lowest BCUT2D eigenvalue weighted by Crippen LogP contribution is -2.41. The lowest BCUT2D eigenvalue weighted by atomic mass is 10.1. The number of para-hydroxylation sites is 1. The quantitative estimate of drug-likeness (QED) is 0.563. The molecule has 0 radical (unpaired) electrons. The molecule has 0 unspecified atom stereocenters. The molecule has 2 aromatic rings. The third kappa shape index (κ3) is 5.74. The van der Waals surface area contributed by atoms with Crippen molar-refractivity contribution in [3.63, 3.8) is 0 Å². The van der Waals surface area contributed by atoms with E-state index >= 15 is 0 Å². The summed E-state index contributed by atoms with van der Waals surface area (Å²) in [5.74, 6) is 1.60. The molecule has 6 nitrogen and oxygen atoms in total. The molecule has 30 heavy (non-hydrogen) atoms. The second-order valence-corrected chi connectivity index (χ2v) is 7.33. The van der Waals surface area contributed by atoms with Crippen LogP contribution in [0.25, 0.3) is 0 Å². The molecule has 3 rings (SSSR count). The first-order valence-corrected chi connectivity index (χ1v) is 10.4. The second kappa shape index (κ2) is 10.7. The van der Waals surface area contributed by atoms with E-state index in [1.807, 2.05) is 55.5 Å². The Morgan fingerprint density at radius 1 is 1.17 bits per heavy atom. The molecular formula is C24H29N3O3. The van der Waals surface area contributed by atoms with Crippen molar-refractivity contribution in [3.05, 3.63) is 54.1 Å². The maximum Gasteiger partial charge on any atom is 0.241 e. The Morgan fingerprint density at radius 2 is 1.90 bits per heavy atom. The molecule has 0 saturated heterocycles. The average Bonchev–Trinajstić information content (AvgIpc) is 3.61. The Balaban J connectivity index is 1.74. The summed E-state index contributed by atoms with van der Waals surface area (Å²) in [6.07, 6.45) is 2.49. The van der Waals surface area contributed by atoms with Crippen LogP contribution in [-0.4, -0.2) is 43.7 Å². The fraction of sp³-hybridized carbons (Fsp3) is 0.417. The molecule has 158 valence electrons. The van der Waals surface area contributed by atoms with Crippen LogP contribution in [-0.2, 0) is 11.3 Å². The summed E-state index contributed by atoms with van der Waals surface area (Å²) >= 11 is 0. The highest BCUT2D eigenvalue weighted by molar-refractivity contribution is 5.95. The van der Waals surface area contributed by atoms with Crippen molar-refractivity contribution in [2.24, 2.45) is 0 Å². The normalized spacial score (nSPS) is 13.0. The summed E-state index contributed by atoms with van der Waals surface area (Å²) in [7, 11) is 1.67. The minimum atomic E-state index is -0.00351. The highest BCUT2D eigenvalue weighted by Crippen LogP contribution is 2.30. The number of rotatable bonds is 11. The number of hydrogen-bond donors (Lipinski definition) is 0. The van der Waals surface area contributed by atoms with Crippen molar-refractivity contribution in [1.82, 2.24) is 4.90 Å². The summed E-state index contributed by atoms with van der Waals surface area (Å²) in [6, 6.07) is 18.0. The monoisotopic (exact) mass is 407 g/mol. The number of carbonyl (C=O) groups is 1. The van der Waals surface area contributed by atoms with Gasteiger partial charge in [0.15, 0.2) is 0 Å². The van der Waals surface area contributed by atoms with E-state index in [9.17, 15) is 4.79 Å². The van der Waals surface area contributed by atoms with E-state index in [0.717, 1.165) is 35.6 Å². The number of nitriles is 1. The summed E-state index contributed by atoms with van der Waals surface area (Å²) in [6.45, 7) is 3.87. The Kier molecular flexibility index (Phi) is 7.69. The van der Waals surface area contributed by atoms with Crippen molar-refractivity contribution >= 4 is 11.6 Å². The van der Waals surface area contributed by atoms with Gasteiger partial charge in [-0.25, -0.2) is 0 Å². The van der Waals surface area contributed by atoms with E-state index in [1.54, 1.807) is 12.0 Å². The minimum Gasteiger partial charge on any atom is -0.496 e. The first kappa shape index (κ1) is 21.7. The molecule has 1 aliphatic rings. The van der Waals surface area contributed by atoms with Gasteiger partial charge in [-0.1, -0.05) is 18.2 Å². The fourth-order valence-corrected chi connectivity index (χ4v) is 3.51. The molecule has 1 fully saturated rings. The van der Waals surface area contributed by atoms with Gasteiger partial charge in [-0.15, -0.1) is 0 Å². The first-order valence-electron chi connectivity index (χ1n) is 10.4. The third-order valence-corrected chi connectivity index (χ3v) is 5.18. The highest BCUT2D eigenvalue weighted by Gasteiger charge is 2.32. The summed E-state index contributed by atoms with van der Waals surface area (Å²) in [4.78, 5) is 17.2. The molecule has 1 aliphatic carbocycles. The van der Waals surface area contributed by atoms with Crippen LogP contribution >= 0.6 is 0 Å². The lowest BCUT2D eigenvalue weighted by Gasteiger charge is -2.28. The summed E-state index contributed by atoms with van der Waals surface area (Å²) in [5.41, 5.74) is 1.86. The van der Waals surface area contributed by atoms with Crippen LogP contribution in [0.15, 0.2) is 48.5 Å². The first-order chi connectivity index (χ1) is 14.7. The maximum atomic E-state index is 13.3. The zero-order valence-corrected chi connectivity index (χ0v) is 17.7. The van der Waals surface area contributed by atoms with Gasteiger partial charge in [0.25, 0.3) is 0 Å². The van der Waals surface area contributed by atoms with Gasteiger partial charge in [-0.05, 0) is 50.1 Å². The highest BCUT2D eigenvalue weighted by atomic mass is 16.5. The van der Waals surface area contributed by atoms with E-state index < -0.39 is 0 Å². The largest absolute Gasteiger partial charge is 0.496 e. The number of methoxy groups -OCH3 is 1. The molecule has 0 aliphatic heterocycles. The third-order valence-electron chi connectivity index (χ3n) is 5.18. The predicted molar refractivity (Wildman–Crippen MR) is 117 cm³/mol. The van der Waals surface area contributed by atoms with Crippen LogP contribution < -0.4 is 14.4 Å². The maximum absolute atomic E-state index is 13.3. The second-order valence-electron chi connectivity index (χ2n) is 7.33. The van der Waals surface area contributed by atoms with Crippen molar-refractivity contribution in [1.29, 1.82) is 5.26 Å². The smallest absolute Gasteiger partial charge is 0.241 e. The molecule has 0 atom stereocenters. The van der Waals surface area contributed by atoms with E-state index in [-0.39, 0.29) is 12.3 Å². The number of benzene rings is 2. The van der Waals surface area contributed by atoms with Crippen molar-refractivity contribution in [2.45, 2.75) is 38.8 Å². The minimum absolute atomic E-state index is 0.00351. The number of ether oxygens (including phenoxy) is 2. The Labute approximate surface area is 178 Å². The number of nitrogens with zero attached hydrogens (tertiary/aromatic N) is 3. The molecular weight excluding hydrogens is 378 g/mol. The van der Waals surface area contributed by atoms with Crippen LogP contribution in [0.3, 0.4) is 0 Å². The van der Waals surface area contributed by atoms with Crippen LogP contribution in [0.1, 0.15) is 31.7 Å². The SMILES string of the molecule is CCOc1ccc(N(CCC#N)C(=O)CN(Cc2ccccc2OC)C2CC2)cc1. The van der Waals surface area contributed by atoms with Gasteiger partial charge in [0, 0.05) is 30.4 Å². The number of amides is 1.